The molecule has 0 saturated heterocycles. The lowest BCUT2D eigenvalue weighted by Crippen LogP contribution is -2.02. The Kier molecular flexibility index (Phi) is 2.87. The molecule has 0 unspecified atom stereocenters. The summed E-state index contributed by atoms with van der Waals surface area (Å²) >= 11 is 0. The van der Waals surface area contributed by atoms with Gasteiger partial charge < -0.3 is 5.11 Å². The third-order valence-corrected chi connectivity index (χ3v) is 2.43. The van der Waals surface area contributed by atoms with Gasteiger partial charge in [0.15, 0.2) is 5.82 Å². The zero-order valence-corrected chi connectivity index (χ0v) is 9.14. The van der Waals surface area contributed by atoms with Crippen LogP contribution in [0.2, 0.25) is 0 Å². The molecule has 0 aliphatic heterocycles. The molecule has 2 aromatic rings. The van der Waals surface area contributed by atoms with Crippen LogP contribution in [-0.4, -0.2) is 16.1 Å². The average molecular weight is 231 g/mol. The van der Waals surface area contributed by atoms with E-state index < -0.39 is 11.8 Å². The topological polar surface area (TPSA) is 50.2 Å². The van der Waals surface area contributed by atoms with Crippen molar-refractivity contribution in [3.8, 4) is 11.3 Å². The third-order valence-electron chi connectivity index (χ3n) is 2.43. The SMILES string of the molecule is Cc1ccc(-c2cc(C(=O)O)c(F)cn2)cc1. The second-order valence-corrected chi connectivity index (χ2v) is 3.72. The minimum Gasteiger partial charge on any atom is -0.478 e. The van der Waals surface area contributed by atoms with Gasteiger partial charge >= 0.3 is 5.97 Å². The Balaban J connectivity index is 2.50. The molecule has 86 valence electrons. The number of aryl methyl sites for hydroxylation is 1. The van der Waals surface area contributed by atoms with Gasteiger partial charge in [0, 0.05) is 5.56 Å². The van der Waals surface area contributed by atoms with Crippen molar-refractivity contribution >= 4 is 5.97 Å². The molecule has 0 aliphatic carbocycles. The smallest absolute Gasteiger partial charge is 0.338 e. The first kappa shape index (κ1) is 11.3. The molecular formula is C13H10FNO2. The van der Waals surface area contributed by atoms with Crippen molar-refractivity contribution < 1.29 is 14.3 Å². The third kappa shape index (κ3) is 2.30. The van der Waals surface area contributed by atoms with E-state index >= 15 is 0 Å². The highest BCUT2D eigenvalue weighted by atomic mass is 19.1. The van der Waals surface area contributed by atoms with Gasteiger partial charge in [0.2, 0.25) is 0 Å². The zero-order valence-electron chi connectivity index (χ0n) is 9.14. The van der Waals surface area contributed by atoms with Gasteiger partial charge in [-0.2, -0.15) is 0 Å². The molecule has 0 fully saturated rings. The van der Waals surface area contributed by atoms with Gasteiger partial charge in [0.1, 0.15) is 0 Å². The van der Waals surface area contributed by atoms with Crippen LogP contribution in [0.25, 0.3) is 11.3 Å². The summed E-state index contributed by atoms with van der Waals surface area (Å²) in [6.07, 6.45) is 0.929. The summed E-state index contributed by atoms with van der Waals surface area (Å²) in [7, 11) is 0. The molecule has 0 radical (unpaired) electrons. The molecule has 0 bridgehead atoms. The number of carbonyl (C=O) groups is 1. The number of rotatable bonds is 2. The quantitative estimate of drug-likeness (QED) is 0.864. The van der Waals surface area contributed by atoms with E-state index in [1.165, 1.54) is 6.07 Å². The predicted octanol–water partition coefficient (Wildman–Crippen LogP) is 2.89. The van der Waals surface area contributed by atoms with Crippen LogP contribution in [0.5, 0.6) is 0 Å². The lowest BCUT2D eigenvalue weighted by atomic mass is 10.1. The highest BCUT2D eigenvalue weighted by Gasteiger charge is 2.12. The van der Waals surface area contributed by atoms with Gasteiger partial charge in [-0.15, -0.1) is 0 Å². The molecule has 0 aliphatic rings. The Labute approximate surface area is 97.6 Å². The van der Waals surface area contributed by atoms with Gasteiger partial charge in [0.25, 0.3) is 0 Å². The molecule has 1 heterocycles. The number of benzene rings is 1. The van der Waals surface area contributed by atoms with Crippen LogP contribution in [0.3, 0.4) is 0 Å². The molecule has 0 saturated carbocycles. The highest BCUT2D eigenvalue weighted by molar-refractivity contribution is 5.89. The summed E-state index contributed by atoms with van der Waals surface area (Å²) in [5, 5.41) is 8.81. The van der Waals surface area contributed by atoms with Crippen LogP contribution >= 0.6 is 0 Å². The van der Waals surface area contributed by atoms with Crippen molar-refractivity contribution in [2.45, 2.75) is 6.92 Å². The summed E-state index contributed by atoms with van der Waals surface area (Å²) in [6, 6.07) is 8.66. The minimum atomic E-state index is -1.29. The number of hydrogen-bond donors (Lipinski definition) is 1. The van der Waals surface area contributed by atoms with E-state index in [1.807, 2.05) is 31.2 Å². The first-order chi connectivity index (χ1) is 8.08. The van der Waals surface area contributed by atoms with E-state index in [4.69, 9.17) is 5.11 Å². The lowest BCUT2D eigenvalue weighted by molar-refractivity contribution is 0.0691. The molecule has 0 atom stereocenters. The fourth-order valence-electron chi connectivity index (χ4n) is 1.48. The van der Waals surface area contributed by atoms with Crippen LogP contribution in [0.4, 0.5) is 4.39 Å². The first-order valence-electron chi connectivity index (χ1n) is 5.04. The van der Waals surface area contributed by atoms with Crippen molar-refractivity contribution in [2.75, 3.05) is 0 Å². The molecule has 2 rings (SSSR count). The van der Waals surface area contributed by atoms with Crippen molar-refractivity contribution in [3.05, 3.63) is 53.5 Å². The molecule has 17 heavy (non-hydrogen) atoms. The molecular weight excluding hydrogens is 221 g/mol. The predicted molar refractivity (Wildman–Crippen MR) is 61.3 cm³/mol. The van der Waals surface area contributed by atoms with Gasteiger partial charge in [0.05, 0.1) is 17.5 Å². The van der Waals surface area contributed by atoms with E-state index in [0.29, 0.717) is 5.69 Å². The molecule has 1 aromatic carbocycles. The number of carboxylic acid groups (broad SMARTS) is 1. The number of hydrogen-bond acceptors (Lipinski definition) is 2. The Bertz CT molecular complexity index is 564. The van der Waals surface area contributed by atoms with Gasteiger partial charge in [-0.25, -0.2) is 9.18 Å². The van der Waals surface area contributed by atoms with Crippen LogP contribution in [-0.2, 0) is 0 Å². The Morgan fingerprint density at radius 3 is 2.53 bits per heavy atom. The van der Waals surface area contributed by atoms with Crippen LogP contribution in [0.15, 0.2) is 36.5 Å². The molecule has 4 heteroatoms. The largest absolute Gasteiger partial charge is 0.478 e. The lowest BCUT2D eigenvalue weighted by Gasteiger charge is -2.03. The van der Waals surface area contributed by atoms with Crippen LogP contribution in [0.1, 0.15) is 15.9 Å². The Morgan fingerprint density at radius 1 is 1.29 bits per heavy atom. The van der Waals surface area contributed by atoms with E-state index in [0.717, 1.165) is 17.3 Å². The van der Waals surface area contributed by atoms with Crippen molar-refractivity contribution in [1.29, 1.82) is 0 Å². The van der Waals surface area contributed by atoms with Crippen LogP contribution in [0, 0.1) is 12.7 Å². The van der Waals surface area contributed by atoms with E-state index in [-0.39, 0.29) is 5.56 Å². The average Bonchev–Trinajstić information content (AvgIpc) is 2.30. The second kappa shape index (κ2) is 4.33. The maximum absolute atomic E-state index is 13.2. The number of carboxylic acids is 1. The highest BCUT2D eigenvalue weighted by Crippen LogP contribution is 2.19. The summed E-state index contributed by atoms with van der Waals surface area (Å²) in [4.78, 5) is 14.7. The molecule has 0 amide bonds. The first-order valence-corrected chi connectivity index (χ1v) is 5.04. The monoisotopic (exact) mass is 231 g/mol. The maximum Gasteiger partial charge on any atom is 0.338 e. The fourth-order valence-corrected chi connectivity index (χ4v) is 1.48. The summed E-state index contributed by atoms with van der Waals surface area (Å²) < 4.78 is 13.2. The summed E-state index contributed by atoms with van der Waals surface area (Å²) in [5.41, 5.74) is 1.94. The van der Waals surface area contributed by atoms with Gasteiger partial charge in [-0.3, -0.25) is 4.98 Å². The van der Waals surface area contributed by atoms with Gasteiger partial charge in [-0.1, -0.05) is 29.8 Å². The van der Waals surface area contributed by atoms with Crippen molar-refractivity contribution in [2.24, 2.45) is 0 Å². The summed E-state index contributed by atoms with van der Waals surface area (Å²) in [5.74, 6) is -2.12. The van der Waals surface area contributed by atoms with Crippen molar-refractivity contribution in [1.82, 2.24) is 4.98 Å². The molecule has 1 N–H and O–H groups in total. The van der Waals surface area contributed by atoms with Gasteiger partial charge in [-0.05, 0) is 13.0 Å². The maximum atomic E-state index is 13.2. The summed E-state index contributed by atoms with van der Waals surface area (Å²) in [6.45, 7) is 1.95. The normalized spacial score (nSPS) is 10.2. The minimum absolute atomic E-state index is 0.365. The van der Waals surface area contributed by atoms with E-state index in [1.54, 1.807) is 0 Å². The number of halogens is 1. The fraction of sp³-hybridized carbons (Fsp3) is 0.0769. The number of nitrogens with zero attached hydrogens (tertiary/aromatic N) is 1. The standard InChI is InChI=1S/C13H10FNO2/c1-8-2-4-9(5-3-8)12-6-10(13(16)17)11(14)7-15-12/h2-7H,1H3,(H,16,17). The zero-order chi connectivity index (χ0) is 12.4. The molecule has 0 spiro atoms. The number of pyridine rings is 1. The number of aromatic carboxylic acids is 1. The van der Waals surface area contributed by atoms with E-state index in [9.17, 15) is 9.18 Å². The van der Waals surface area contributed by atoms with Crippen molar-refractivity contribution in [3.63, 3.8) is 0 Å². The van der Waals surface area contributed by atoms with E-state index in [2.05, 4.69) is 4.98 Å². The number of aromatic nitrogens is 1. The Hall–Kier alpha value is -2.23. The second-order valence-electron chi connectivity index (χ2n) is 3.72. The van der Waals surface area contributed by atoms with Crippen LogP contribution < -0.4 is 0 Å². The molecule has 1 aromatic heterocycles. The molecule has 3 nitrogen and oxygen atoms in total. The Morgan fingerprint density at radius 2 is 1.94 bits per heavy atom.